The minimum atomic E-state index is -0.445. The normalized spacial score (nSPS) is 12.5. The Morgan fingerprint density at radius 1 is 1.07 bits per heavy atom. The molecule has 0 fully saturated rings. The third-order valence-corrected chi connectivity index (χ3v) is 5.76. The second kappa shape index (κ2) is 7.17. The fourth-order valence-corrected chi connectivity index (χ4v) is 4.37. The van der Waals surface area contributed by atoms with Gasteiger partial charge in [-0.25, -0.2) is 19.4 Å². The zero-order chi connectivity index (χ0) is 20.8. The molecule has 0 bridgehead atoms. The Kier molecular flexibility index (Phi) is 4.46. The zero-order valence-electron chi connectivity index (χ0n) is 15.8. The predicted octanol–water partition coefficient (Wildman–Crippen LogP) is 3.79. The zero-order valence-corrected chi connectivity index (χ0v) is 17.9. The van der Waals surface area contributed by atoms with E-state index in [2.05, 4.69) is 42.6 Å². The molecule has 5 rings (SSSR count). The van der Waals surface area contributed by atoms with E-state index in [4.69, 9.17) is 10.2 Å². The molecule has 1 aromatic carbocycles. The molecule has 0 aliphatic heterocycles. The topological polar surface area (TPSA) is 113 Å². The maximum Gasteiger partial charge on any atom is 0.343 e. The average molecular weight is 510 g/mol. The summed E-state index contributed by atoms with van der Waals surface area (Å²) in [6.07, 6.45) is 3.11. The van der Waals surface area contributed by atoms with Crippen LogP contribution in [-0.4, -0.2) is 24.7 Å². The molecule has 9 heteroatoms. The van der Waals surface area contributed by atoms with Crippen molar-refractivity contribution in [2.45, 2.75) is 13.0 Å². The van der Waals surface area contributed by atoms with Gasteiger partial charge in [-0.15, -0.1) is 0 Å². The molecule has 8 nitrogen and oxygen atoms in total. The number of nitrogens with zero attached hydrogens (tertiary/aromatic N) is 5. The summed E-state index contributed by atoms with van der Waals surface area (Å²) in [5.41, 5.74) is 7.65. The Balaban J connectivity index is 1.84. The lowest BCUT2D eigenvalue weighted by Crippen LogP contribution is -2.15. The van der Waals surface area contributed by atoms with Crippen molar-refractivity contribution in [3.8, 4) is 11.3 Å². The van der Waals surface area contributed by atoms with Gasteiger partial charge in [0.05, 0.1) is 16.5 Å². The number of nitrogens with two attached hydrogens (primary N) is 1. The van der Waals surface area contributed by atoms with E-state index in [-0.39, 0.29) is 0 Å². The molecule has 0 radical (unpaired) electrons. The average Bonchev–Trinajstić information content (AvgIpc) is 3.11. The van der Waals surface area contributed by atoms with Crippen LogP contribution in [0.3, 0.4) is 0 Å². The number of rotatable bonds is 3. The van der Waals surface area contributed by atoms with E-state index in [0.29, 0.717) is 37.4 Å². The highest BCUT2D eigenvalue weighted by Gasteiger charge is 2.25. The highest BCUT2D eigenvalue weighted by Crippen LogP contribution is 2.35. The van der Waals surface area contributed by atoms with Gasteiger partial charge < -0.3 is 10.2 Å². The van der Waals surface area contributed by atoms with Crippen molar-refractivity contribution in [2.75, 3.05) is 5.73 Å². The summed E-state index contributed by atoms with van der Waals surface area (Å²) in [5, 5.41) is 6.56. The Labute approximate surface area is 183 Å². The van der Waals surface area contributed by atoms with E-state index in [1.165, 1.54) is 6.33 Å². The van der Waals surface area contributed by atoms with Crippen molar-refractivity contribution >= 4 is 50.2 Å². The van der Waals surface area contributed by atoms with Crippen LogP contribution in [0.5, 0.6) is 0 Å². The summed E-state index contributed by atoms with van der Waals surface area (Å²) >= 11 is 2.10. The van der Waals surface area contributed by atoms with Gasteiger partial charge in [0.15, 0.2) is 5.65 Å². The summed E-state index contributed by atoms with van der Waals surface area (Å²) in [5.74, 6) is 0.808. The number of aromatic nitrogens is 5. The van der Waals surface area contributed by atoms with Gasteiger partial charge in [0.1, 0.15) is 27.6 Å². The highest BCUT2D eigenvalue weighted by molar-refractivity contribution is 14.1. The molecule has 4 heterocycles. The molecule has 0 aliphatic carbocycles. The van der Waals surface area contributed by atoms with E-state index in [9.17, 15) is 4.79 Å². The second-order valence-corrected chi connectivity index (χ2v) is 7.78. The summed E-state index contributed by atoms with van der Waals surface area (Å²) in [6, 6.07) is 12.5. The lowest BCUT2D eigenvalue weighted by Gasteiger charge is -2.17. The van der Waals surface area contributed by atoms with Gasteiger partial charge in [0.2, 0.25) is 0 Å². The Hall–Kier alpha value is -3.34. The van der Waals surface area contributed by atoms with Gasteiger partial charge in [-0.3, -0.25) is 4.98 Å². The number of pyridine rings is 1. The monoisotopic (exact) mass is 510 g/mol. The third kappa shape index (κ3) is 2.84. The Morgan fingerprint density at radius 3 is 2.60 bits per heavy atom. The largest absolute Gasteiger partial charge is 0.424 e. The molecule has 0 amide bonds. The van der Waals surface area contributed by atoms with Gasteiger partial charge in [-0.05, 0) is 47.7 Å². The lowest BCUT2D eigenvalue weighted by molar-refractivity contribution is 0.404. The first-order valence-corrected chi connectivity index (χ1v) is 10.3. The quantitative estimate of drug-likeness (QED) is 0.368. The standard InChI is InChI=1S/C21H15IN6O2/c1-11(28-20-16(18(22)27-28)19(23)25-10-26-20)17-15(14-8-4-5-9-24-14)12-6-2-3-7-13(12)21(29)30-17/h2-11H,1H3,(H2,23,25,26). The maximum absolute atomic E-state index is 12.8. The van der Waals surface area contributed by atoms with Crippen LogP contribution in [0.25, 0.3) is 33.1 Å². The summed E-state index contributed by atoms with van der Waals surface area (Å²) in [6.45, 7) is 1.90. The number of fused-ring (bicyclic) bond motifs is 2. The lowest BCUT2D eigenvalue weighted by atomic mass is 9.99. The van der Waals surface area contributed by atoms with Crippen LogP contribution in [0.15, 0.2) is 64.2 Å². The first-order chi connectivity index (χ1) is 14.6. The maximum atomic E-state index is 12.8. The van der Waals surface area contributed by atoms with Gasteiger partial charge in [0, 0.05) is 17.1 Å². The van der Waals surface area contributed by atoms with Gasteiger partial charge >= 0.3 is 5.63 Å². The van der Waals surface area contributed by atoms with Crippen LogP contribution in [0.2, 0.25) is 0 Å². The van der Waals surface area contributed by atoms with Crippen LogP contribution in [0.4, 0.5) is 5.82 Å². The molecule has 148 valence electrons. The van der Waals surface area contributed by atoms with Crippen molar-refractivity contribution in [1.82, 2.24) is 24.7 Å². The first-order valence-electron chi connectivity index (χ1n) is 9.17. The van der Waals surface area contributed by atoms with Gasteiger partial charge in [-0.1, -0.05) is 24.3 Å². The third-order valence-electron chi connectivity index (χ3n) is 5.01. The minimum absolute atomic E-state index is 0.354. The second-order valence-electron chi connectivity index (χ2n) is 6.76. The molecule has 4 aromatic heterocycles. The highest BCUT2D eigenvalue weighted by atomic mass is 127. The fourth-order valence-electron chi connectivity index (χ4n) is 3.62. The summed E-state index contributed by atoms with van der Waals surface area (Å²) < 4.78 is 8.23. The van der Waals surface area contributed by atoms with E-state index in [0.717, 1.165) is 10.9 Å². The Morgan fingerprint density at radius 2 is 1.83 bits per heavy atom. The van der Waals surface area contributed by atoms with Crippen molar-refractivity contribution in [1.29, 1.82) is 0 Å². The molecule has 30 heavy (non-hydrogen) atoms. The van der Waals surface area contributed by atoms with Crippen LogP contribution in [0.1, 0.15) is 18.7 Å². The number of hydrogen-bond donors (Lipinski definition) is 1. The van der Waals surface area contributed by atoms with Crippen LogP contribution in [0, 0.1) is 3.70 Å². The SMILES string of the molecule is CC(c1oc(=O)c2ccccc2c1-c1ccccn1)n1nc(I)c2c(N)ncnc21. The molecule has 1 atom stereocenters. The van der Waals surface area contributed by atoms with E-state index < -0.39 is 11.7 Å². The molecular formula is C21H15IN6O2. The van der Waals surface area contributed by atoms with E-state index in [1.54, 1.807) is 16.9 Å². The first kappa shape index (κ1) is 18.7. The summed E-state index contributed by atoms with van der Waals surface area (Å²) in [7, 11) is 0. The number of benzene rings is 1. The van der Waals surface area contributed by atoms with E-state index >= 15 is 0 Å². The molecule has 0 spiro atoms. The number of nitrogen functional groups attached to an aromatic ring is 1. The van der Waals surface area contributed by atoms with Gasteiger partial charge in [-0.2, -0.15) is 5.10 Å². The molecule has 0 saturated carbocycles. The fraction of sp³-hybridized carbons (Fsp3) is 0.0952. The van der Waals surface area contributed by atoms with E-state index in [1.807, 2.05) is 43.3 Å². The smallest absolute Gasteiger partial charge is 0.343 e. The summed E-state index contributed by atoms with van der Waals surface area (Å²) in [4.78, 5) is 25.7. The van der Waals surface area contributed by atoms with Crippen LogP contribution in [-0.2, 0) is 0 Å². The molecule has 1 unspecified atom stereocenters. The van der Waals surface area contributed by atoms with Gasteiger partial charge in [0.25, 0.3) is 0 Å². The molecule has 2 N–H and O–H groups in total. The number of anilines is 1. The predicted molar refractivity (Wildman–Crippen MR) is 122 cm³/mol. The molecule has 5 aromatic rings. The number of hydrogen-bond acceptors (Lipinski definition) is 7. The van der Waals surface area contributed by atoms with Crippen molar-refractivity contribution in [2.24, 2.45) is 0 Å². The van der Waals surface area contributed by atoms with Crippen molar-refractivity contribution < 1.29 is 4.42 Å². The van der Waals surface area contributed by atoms with Crippen LogP contribution < -0.4 is 11.4 Å². The molecular weight excluding hydrogens is 495 g/mol. The Bertz CT molecular complexity index is 1460. The minimum Gasteiger partial charge on any atom is -0.424 e. The number of halogens is 1. The van der Waals surface area contributed by atoms with Crippen molar-refractivity contribution in [3.63, 3.8) is 0 Å². The molecule has 0 aliphatic rings. The van der Waals surface area contributed by atoms with Crippen molar-refractivity contribution in [3.05, 3.63) is 74.9 Å². The van der Waals surface area contributed by atoms with Crippen LogP contribution >= 0.6 is 22.6 Å². The molecule has 0 saturated heterocycles.